The van der Waals surface area contributed by atoms with Crippen LogP contribution in [0.5, 0.6) is 0 Å². The molecule has 1 aliphatic carbocycles. The molecule has 2 aliphatic rings. The predicted octanol–water partition coefficient (Wildman–Crippen LogP) is 1.72. The summed E-state index contributed by atoms with van der Waals surface area (Å²) in [6.45, 7) is 1.41. The van der Waals surface area contributed by atoms with Gasteiger partial charge in [-0.05, 0) is 38.0 Å². The van der Waals surface area contributed by atoms with E-state index in [0.29, 0.717) is 19.0 Å². The van der Waals surface area contributed by atoms with Crippen LogP contribution in [0.4, 0.5) is 0 Å². The summed E-state index contributed by atoms with van der Waals surface area (Å²) in [5, 5.41) is 3.04. The fourth-order valence-corrected chi connectivity index (χ4v) is 3.62. The van der Waals surface area contributed by atoms with E-state index < -0.39 is 0 Å². The molecule has 142 valence electrons. The Hall–Kier alpha value is -2.77. The van der Waals surface area contributed by atoms with E-state index >= 15 is 0 Å². The van der Waals surface area contributed by atoms with Gasteiger partial charge in [-0.25, -0.2) is 15.0 Å². The van der Waals surface area contributed by atoms with Crippen LogP contribution in [-0.2, 0) is 7.05 Å². The molecule has 2 aromatic heterocycles. The summed E-state index contributed by atoms with van der Waals surface area (Å²) in [4.78, 5) is 40.4. The van der Waals surface area contributed by atoms with Gasteiger partial charge in [0.25, 0.3) is 11.8 Å². The van der Waals surface area contributed by atoms with Crippen LogP contribution in [0.25, 0.3) is 0 Å². The van der Waals surface area contributed by atoms with Crippen molar-refractivity contribution < 1.29 is 9.59 Å². The maximum atomic E-state index is 13.0. The highest BCUT2D eigenvalue weighted by Crippen LogP contribution is 2.40. The summed E-state index contributed by atoms with van der Waals surface area (Å²) in [6.07, 6.45) is 11.7. The fraction of sp³-hybridized carbons (Fsp3) is 0.526. The van der Waals surface area contributed by atoms with Crippen molar-refractivity contribution in [1.82, 2.24) is 29.7 Å². The third-order valence-corrected chi connectivity index (χ3v) is 5.28. The zero-order chi connectivity index (χ0) is 18.8. The molecule has 1 saturated heterocycles. The van der Waals surface area contributed by atoms with Gasteiger partial charge in [0.15, 0.2) is 11.4 Å². The first-order valence-electron chi connectivity index (χ1n) is 9.53. The van der Waals surface area contributed by atoms with Gasteiger partial charge in [0.2, 0.25) is 0 Å². The molecule has 0 unspecified atom stereocenters. The highest BCUT2D eigenvalue weighted by atomic mass is 16.2. The van der Waals surface area contributed by atoms with Crippen molar-refractivity contribution in [3.8, 4) is 0 Å². The van der Waals surface area contributed by atoms with E-state index in [1.54, 1.807) is 11.1 Å². The monoisotopic (exact) mass is 368 g/mol. The Kier molecular flexibility index (Phi) is 4.87. The molecule has 0 bridgehead atoms. The smallest absolute Gasteiger partial charge is 0.274 e. The van der Waals surface area contributed by atoms with Crippen LogP contribution < -0.4 is 5.32 Å². The van der Waals surface area contributed by atoms with Crippen LogP contribution in [0, 0.1) is 5.92 Å². The first kappa shape index (κ1) is 17.6. The molecule has 1 atom stereocenters. The highest BCUT2D eigenvalue weighted by Gasteiger charge is 2.37. The Morgan fingerprint density at radius 3 is 2.37 bits per heavy atom. The normalized spacial score (nSPS) is 18.2. The van der Waals surface area contributed by atoms with Gasteiger partial charge >= 0.3 is 0 Å². The van der Waals surface area contributed by atoms with Crippen molar-refractivity contribution in [3.05, 3.63) is 42.0 Å². The maximum Gasteiger partial charge on any atom is 0.274 e. The van der Waals surface area contributed by atoms with E-state index in [1.165, 1.54) is 12.4 Å². The number of nitrogens with one attached hydrogen (secondary N) is 1. The number of carbonyl (C=O) groups excluding carboxylic acids is 2. The van der Waals surface area contributed by atoms with Crippen LogP contribution in [-0.4, -0.2) is 49.3 Å². The molecule has 1 aliphatic heterocycles. The zero-order valence-electron chi connectivity index (χ0n) is 15.5. The lowest BCUT2D eigenvalue weighted by molar-refractivity contribution is 0.0710. The maximum absolute atomic E-state index is 13.0. The summed E-state index contributed by atoms with van der Waals surface area (Å²) in [6, 6.07) is -0.183. The van der Waals surface area contributed by atoms with Crippen molar-refractivity contribution in [1.29, 1.82) is 0 Å². The third-order valence-electron chi connectivity index (χ3n) is 5.28. The van der Waals surface area contributed by atoms with Crippen LogP contribution in [0.3, 0.4) is 0 Å². The highest BCUT2D eigenvalue weighted by molar-refractivity contribution is 6.04. The summed E-state index contributed by atoms with van der Waals surface area (Å²) in [5.74, 6) is 0.600. The number of imidazole rings is 1. The lowest BCUT2D eigenvalue weighted by atomic mass is 10.1. The van der Waals surface area contributed by atoms with Crippen molar-refractivity contribution in [2.75, 3.05) is 13.1 Å². The Morgan fingerprint density at radius 2 is 1.74 bits per heavy atom. The number of aromatic nitrogens is 4. The van der Waals surface area contributed by atoms with E-state index in [0.717, 1.165) is 37.9 Å². The van der Waals surface area contributed by atoms with Gasteiger partial charge < -0.3 is 14.8 Å². The molecule has 27 heavy (non-hydrogen) atoms. The van der Waals surface area contributed by atoms with Gasteiger partial charge in [0.1, 0.15) is 5.82 Å². The third kappa shape index (κ3) is 3.70. The molecule has 8 heteroatoms. The van der Waals surface area contributed by atoms with Crippen LogP contribution >= 0.6 is 0 Å². The van der Waals surface area contributed by atoms with E-state index in [1.807, 2.05) is 17.8 Å². The molecule has 3 heterocycles. The number of carbonyl (C=O) groups is 2. The number of rotatable bonds is 5. The van der Waals surface area contributed by atoms with E-state index in [9.17, 15) is 9.59 Å². The summed E-state index contributed by atoms with van der Waals surface area (Å²) in [7, 11) is 1.91. The van der Waals surface area contributed by atoms with Gasteiger partial charge in [-0.1, -0.05) is 0 Å². The second-order valence-electron chi connectivity index (χ2n) is 7.29. The van der Waals surface area contributed by atoms with Crippen molar-refractivity contribution in [2.24, 2.45) is 13.0 Å². The molecule has 2 aromatic rings. The minimum Gasteiger partial charge on any atom is -0.340 e. The molecule has 8 nitrogen and oxygen atoms in total. The number of hydrogen-bond donors (Lipinski definition) is 1. The minimum atomic E-state index is -0.372. The zero-order valence-corrected chi connectivity index (χ0v) is 15.5. The van der Waals surface area contributed by atoms with Gasteiger partial charge in [-0.3, -0.25) is 9.59 Å². The molecule has 0 spiro atoms. The lowest BCUT2D eigenvalue weighted by Gasteiger charge is -2.26. The Labute approximate surface area is 158 Å². The molecule has 1 saturated carbocycles. The average molecular weight is 368 g/mol. The number of aryl methyl sites for hydroxylation is 1. The van der Waals surface area contributed by atoms with Gasteiger partial charge in [-0.15, -0.1) is 0 Å². The predicted molar refractivity (Wildman–Crippen MR) is 97.9 cm³/mol. The molecular formula is C19H24N6O2. The second-order valence-corrected chi connectivity index (χ2v) is 7.29. The second kappa shape index (κ2) is 7.46. The molecular weight excluding hydrogens is 344 g/mol. The number of hydrogen-bond acceptors (Lipinski definition) is 5. The molecule has 0 radical (unpaired) electrons. The van der Waals surface area contributed by atoms with Crippen molar-refractivity contribution in [3.63, 3.8) is 0 Å². The standard InChI is InChI=1S/C19H24N6O2/c1-24-12-9-22-17(24)14(13-5-6-13)23-18(26)15-16(21-8-7-20-15)19(27)25-10-3-2-4-11-25/h7-9,12-14H,2-6,10-11H2,1H3,(H,23,26)/t14-/m1/s1. The SMILES string of the molecule is Cn1ccnc1[C@H](NC(=O)c1nccnc1C(=O)N1CCCCC1)C1CC1. The quantitative estimate of drug-likeness (QED) is 0.867. The summed E-state index contributed by atoms with van der Waals surface area (Å²) < 4.78 is 1.92. The van der Waals surface area contributed by atoms with E-state index in [2.05, 4.69) is 20.3 Å². The molecule has 2 amide bonds. The Morgan fingerprint density at radius 1 is 1.04 bits per heavy atom. The summed E-state index contributed by atoms with van der Waals surface area (Å²) in [5.41, 5.74) is 0.221. The largest absolute Gasteiger partial charge is 0.340 e. The topological polar surface area (TPSA) is 93.0 Å². The fourth-order valence-electron chi connectivity index (χ4n) is 3.62. The van der Waals surface area contributed by atoms with Gasteiger partial charge in [0.05, 0.1) is 6.04 Å². The first-order valence-corrected chi connectivity index (χ1v) is 9.53. The molecule has 0 aromatic carbocycles. The molecule has 1 N–H and O–H groups in total. The Balaban J connectivity index is 1.56. The number of piperidine rings is 1. The van der Waals surface area contributed by atoms with Gasteiger partial charge in [-0.2, -0.15) is 0 Å². The van der Waals surface area contributed by atoms with Gasteiger partial charge in [0, 0.05) is 44.9 Å². The number of likely N-dealkylation sites (tertiary alicyclic amines) is 1. The minimum absolute atomic E-state index is 0.0907. The van der Waals surface area contributed by atoms with E-state index in [-0.39, 0.29) is 29.2 Å². The van der Waals surface area contributed by atoms with E-state index in [4.69, 9.17) is 0 Å². The van der Waals surface area contributed by atoms with Crippen molar-refractivity contribution in [2.45, 2.75) is 38.1 Å². The van der Waals surface area contributed by atoms with Crippen LogP contribution in [0.1, 0.15) is 64.9 Å². The molecule has 4 rings (SSSR count). The Bertz CT molecular complexity index is 838. The van der Waals surface area contributed by atoms with Crippen LogP contribution in [0.2, 0.25) is 0 Å². The average Bonchev–Trinajstić information content (AvgIpc) is 3.47. The number of amides is 2. The van der Waals surface area contributed by atoms with Crippen molar-refractivity contribution >= 4 is 11.8 Å². The summed E-state index contributed by atoms with van der Waals surface area (Å²) >= 11 is 0. The number of nitrogens with zero attached hydrogens (tertiary/aromatic N) is 5. The lowest BCUT2D eigenvalue weighted by Crippen LogP contribution is -2.39. The van der Waals surface area contributed by atoms with Crippen LogP contribution in [0.15, 0.2) is 24.8 Å². The first-order chi connectivity index (χ1) is 13.1. The molecule has 2 fully saturated rings.